The van der Waals surface area contributed by atoms with Gasteiger partial charge in [-0.2, -0.15) is 0 Å². The van der Waals surface area contributed by atoms with Crippen molar-refractivity contribution in [1.82, 2.24) is 10.2 Å². The second-order valence-corrected chi connectivity index (χ2v) is 4.31. The molecule has 1 atom stereocenters. The average Bonchev–Trinajstić information content (AvgIpc) is 2.37. The van der Waals surface area contributed by atoms with E-state index in [0.717, 1.165) is 0 Å². The predicted molar refractivity (Wildman–Crippen MR) is 69.0 cm³/mol. The van der Waals surface area contributed by atoms with Gasteiger partial charge in [-0.25, -0.2) is 0 Å². The van der Waals surface area contributed by atoms with Gasteiger partial charge in [0, 0.05) is 25.2 Å². The van der Waals surface area contributed by atoms with E-state index in [1.165, 1.54) is 36.1 Å². The molecule has 2 amide bonds. The molecule has 1 aromatic rings. The van der Waals surface area contributed by atoms with Crippen molar-refractivity contribution in [1.29, 1.82) is 0 Å². The van der Waals surface area contributed by atoms with Crippen molar-refractivity contribution in [3.63, 3.8) is 0 Å². The SMILES string of the molecule is CC(NC(=O)c1ccc(C(=O)N(C)C)cc1)C(=O)O. The molecule has 0 radical (unpaired) electrons. The molecule has 0 aliphatic rings. The van der Waals surface area contributed by atoms with Crippen LogP contribution in [0, 0.1) is 0 Å². The van der Waals surface area contributed by atoms with Gasteiger partial charge in [0.15, 0.2) is 0 Å². The highest BCUT2D eigenvalue weighted by Crippen LogP contribution is 2.06. The van der Waals surface area contributed by atoms with Crippen molar-refractivity contribution in [2.75, 3.05) is 14.1 Å². The Hall–Kier alpha value is -2.37. The van der Waals surface area contributed by atoms with Gasteiger partial charge in [0.2, 0.25) is 0 Å². The van der Waals surface area contributed by atoms with Crippen molar-refractivity contribution in [2.24, 2.45) is 0 Å². The molecule has 0 fully saturated rings. The van der Waals surface area contributed by atoms with E-state index in [4.69, 9.17) is 5.11 Å². The number of carboxylic acids is 1. The molecule has 6 nitrogen and oxygen atoms in total. The smallest absolute Gasteiger partial charge is 0.325 e. The summed E-state index contributed by atoms with van der Waals surface area (Å²) in [7, 11) is 3.27. The van der Waals surface area contributed by atoms with Gasteiger partial charge in [0.25, 0.3) is 11.8 Å². The molecule has 0 bridgehead atoms. The second kappa shape index (κ2) is 5.99. The minimum absolute atomic E-state index is 0.161. The Bertz CT molecular complexity index is 494. The number of nitrogens with zero attached hydrogens (tertiary/aromatic N) is 1. The van der Waals surface area contributed by atoms with Gasteiger partial charge in [0.1, 0.15) is 6.04 Å². The molecule has 0 aliphatic carbocycles. The van der Waals surface area contributed by atoms with Crippen LogP contribution in [0.3, 0.4) is 0 Å². The first-order valence-corrected chi connectivity index (χ1v) is 5.68. The third-order valence-corrected chi connectivity index (χ3v) is 2.52. The van der Waals surface area contributed by atoms with Crippen LogP contribution >= 0.6 is 0 Å². The molecule has 0 spiro atoms. The number of hydrogen-bond donors (Lipinski definition) is 2. The summed E-state index contributed by atoms with van der Waals surface area (Å²) >= 11 is 0. The highest BCUT2D eigenvalue weighted by atomic mass is 16.4. The van der Waals surface area contributed by atoms with Gasteiger partial charge >= 0.3 is 5.97 Å². The third-order valence-electron chi connectivity index (χ3n) is 2.52. The fraction of sp³-hybridized carbons (Fsp3) is 0.308. The summed E-state index contributed by atoms with van der Waals surface area (Å²) in [5, 5.41) is 11.0. The first-order chi connectivity index (χ1) is 8.82. The predicted octanol–water partition coefficient (Wildman–Crippen LogP) is 0.591. The van der Waals surface area contributed by atoms with Crippen LogP contribution in [0.4, 0.5) is 0 Å². The van der Waals surface area contributed by atoms with E-state index < -0.39 is 17.9 Å². The molecule has 0 saturated carbocycles. The number of carbonyl (C=O) groups excluding carboxylic acids is 2. The highest BCUT2D eigenvalue weighted by Gasteiger charge is 2.15. The van der Waals surface area contributed by atoms with Crippen LogP contribution in [0.25, 0.3) is 0 Å². The monoisotopic (exact) mass is 264 g/mol. The van der Waals surface area contributed by atoms with E-state index in [2.05, 4.69) is 5.32 Å². The van der Waals surface area contributed by atoms with Gasteiger partial charge < -0.3 is 15.3 Å². The zero-order valence-corrected chi connectivity index (χ0v) is 11.0. The molecule has 2 N–H and O–H groups in total. The molecular weight excluding hydrogens is 248 g/mol. The van der Waals surface area contributed by atoms with Crippen molar-refractivity contribution in [3.05, 3.63) is 35.4 Å². The summed E-state index contributed by atoms with van der Waals surface area (Å²) in [6.45, 7) is 1.38. The molecule has 0 saturated heterocycles. The number of benzene rings is 1. The first-order valence-electron chi connectivity index (χ1n) is 5.68. The lowest BCUT2D eigenvalue weighted by atomic mass is 10.1. The number of rotatable bonds is 4. The Balaban J connectivity index is 2.79. The topological polar surface area (TPSA) is 86.7 Å². The van der Waals surface area contributed by atoms with Gasteiger partial charge in [0.05, 0.1) is 0 Å². The average molecular weight is 264 g/mol. The number of carboxylic acid groups (broad SMARTS) is 1. The van der Waals surface area contributed by atoms with E-state index in [1.54, 1.807) is 14.1 Å². The minimum Gasteiger partial charge on any atom is -0.480 e. The molecule has 0 aliphatic heterocycles. The van der Waals surface area contributed by atoms with E-state index in [9.17, 15) is 14.4 Å². The van der Waals surface area contributed by atoms with Crippen LogP contribution in [0.5, 0.6) is 0 Å². The molecule has 1 aromatic carbocycles. The lowest BCUT2D eigenvalue weighted by molar-refractivity contribution is -0.138. The maximum atomic E-state index is 11.7. The second-order valence-electron chi connectivity index (χ2n) is 4.31. The fourth-order valence-electron chi connectivity index (χ4n) is 1.36. The van der Waals surface area contributed by atoms with E-state index in [0.29, 0.717) is 11.1 Å². The summed E-state index contributed by atoms with van der Waals surface area (Å²) in [5.41, 5.74) is 0.774. The van der Waals surface area contributed by atoms with E-state index in [-0.39, 0.29) is 5.91 Å². The number of carbonyl (C=O) groups is 3. The summed E-state index contributed by atoms with van der Waals surface area (Å²) in [4.78, 5) is 35.4. The van der Waals surface area contributed by atoms with Crippen LogP contribution in [0.2, 0.25) is 0 Å². The Morgan fingerprint density at radius 3 is 2.00 bits per heavy atom. The lowest BCUT2D eigenvalue weighted by Gasteiger charge is -2.11. The van der Waals surface area contributed by atoms with Gasteiger partial charge in [-0.05, 0) is 31.2 Å². The molecule has 1 unspecified atom stereocenters. The number of aliphatic carboxylic acids is 1. The number of amides is 2. The Morgan fingerprint density at radius 2 is 1.58 bits per heavy atom. The van der Waals surface area contributed by atoms with Gasteiger partial charge in [-0.15, -0.1) is 0 Å². The molecule has 0 heterocycles. The van der Waals surface area contributed by atoms with Crippen LogP contribution in [-0.2, 0) is 4.79 Å². The maximum Gasteiger partial charge on any atom is 0.325 e. The van der Waals surface area contributed by atoms with E-state index in [1.807, 2.05) is 0 Å². The van der Waals surface area contributed by atoms with Crippen molar-refractivity contribution < 1.29 is 19.5 Å². The Kier molecular flexibility index (Phi) is 4.63. The third kappa shape index (κ3) is 3.80. The van der Waals surface area contributed by atoms with Crippen LogP contribution in [-0.4, -0.2) is 47.9 Å². The molecular formula is C13H16N2O4. The summed E-state index contributed by atoms with van der Waals surface area (Å²) in [5.74, 6) is -1.75. The Labute approximate surface area is 111 Å². The molecule has 1 rings (SSSR count). The Morgan fingerprint density at radius 1 is 1.11 bits per heavy atom. The van der Waals surface area contributed by atoms with Crippen molar-refractivity contribution in [3.8, 4) is 0 Å². The zero-order chi connectivity index (χ0) is 14.6. The number of hydrogen-bond acceptors (Lipinski definition) is 3. The van der Waals surface area contributed by atoms with E-state index >= 15 is 0 Å². The largest absolute Gasteiger partial charge is 0.480 e. The summed E-state index contributed by atoms with van der Waals surface area (Å²) in [6.07, 6.45) is 0. The highest BCUT2D eigenvalue weighted by molar-refractivity contribution is 5.98. The normalized spacial score (nSPS) is 11.5. The molecule has 102 valence electrons. The first kappa shape index (κ1) is 14.7. The molecule has 6 heteroatoms. The summed E-state index contributed by atoms with van der Waals surface area (Å²) in [6, 6.07) is 5.07. The fourth-order valence-corrected chi connectivity index (χ4v) is 1.36. The standard InChI is InChI=1S/C13H16N2O4/c1-8(13(18)19)14-11(16)9-4-6-10(7-5-9)12(17)15(2)3/h4-8H,1-3H3,(H,14,16)(H,18,19). The van der Waals surface area contributed by atoms with Gasteiger partial charge in [-0.1, -0.05) is 0 Å². The quantitative estimate of drug-likeness (QED) is 0.833. The van der Waals surface area contributed by atoms with Crippen molar-refractivity contribution in [2.45, 2.75) is 13.0 Å². The summed E-state index contributed by atoms with van der Waals surface area (Å²) < 4.78 is 0. The van der Waals surface area contributed by atoms with Crippen LogP contribution < -0.4 is 5.32 Å². The van der Waals surface area contributed by atoms with Gasteiger partial charge in [-0.3, -0.25) is 14.4 Å². The molecule has 0 aromatic heterocycles. The van der Waals surface area contributed by atoms with Crippen LogP contribution in [0.15, 0.2) is 24.3 Å². The zero-order valence-electron chi connectivity index (χ0n) is 11.0. The maximum absolute atomic E-state index is 11.7. The van der Waals surface area contributed by atoms with Crippen LogP contribution in [0.1, 0.15) is 27.6 Å². The molecule has 19 heavy (non-hydrogen) atoms. The lowest BCUT2D eigenvalue weighted by Crippen LogP contribution is -2.38. The number of nitrogens with one attached hydrogen (secondary N) is 1. The minimum atomic E-state index is -1.10. The van der Waals surface area contributed by atoms with Crippen molar-refractivity contribution >= 4 is 17.8 Å².